The summed E-state index contributed by atoms with van der Waals surface area (Å²) in [5.41, 5.74) is -1.56. The Morgan fingerprint density at radius 3 is 2.53 bits per heavy atom. The van der Waals surface area contributed by atoms with Crippen LogP contribution in [0.1, 0.15) is 37.6 Å². The SMILES string of the molecule is CCC(C)(C)Nc1cc(C(=O)O)c(F)cc1[N+](=O)[O-]. The first-order valence-electron chi connectivity index (χ1n) is 5.67. The van der Waals surface area contributed by atoms with Crippen LogP contribution in [0, 0.1) is 15.9 Å². The number of rotatable bonds is 5. The number of nitrogens with zero attached hydrogens (tertiary/aromatic N) is 1. The Kier molecular flexibility index (Phi) is 4.08. The molecule has 0 radical (unpaired) electrons. The van der Waals surface area contributed by atoms with Gasteiger partial charge in [0.2, 0.25) is 0 Å². The lowest BCUT2D eigenvalue weighted by Gasteiger charge is -2.25. The van der Waals surface area contributed by atoms with Gasteiger partial charge in [-0.2, -0.15) is 0 Å². The summed E-state index contributed by atoms with van der Waals surface area (Å²) in [4.78, 5) is 21.0. The molecule has 1 aromatic rings. The van der Waals surface area contributed by atoms with Crippen LogP contribution in [0.3, 0.4) is 0 Å². The van der Waals surface area contributed by atoms with Gasteiger partial charge in [0.1, 0.15) is 11.5 Å². The number of carbonyl (C=O) groups is 1. The molecule has 6 nitrogen and oxygen atoms in total. The molecule has 0 unspecified atom stereocenters. The minimum Gasteiger partial charge on any atom is -0.478 e. The van der Waals surface area contributed by atoms with Crippen molar-refractivity contribution >= 4 is 17.3 Å². The number of halogens is 1. The lowest BCUT2D eigenvalue weighted by atomic mass is 10.0. The van der Waals surface area contributed by atoms with Gasteiger partial charge >= 0.3 is 5.97 Å². The number of hydrogen-bond donors (Lipinski definition) is 2. The van der Waals surface area contributed by atoms with Crippen molar-refractivity contribution in [3.05, 3.63) is 33.6 Å². The van der Waals surface area contributed by atoms with Gasteiger partial charge in [-0.1, -0.05) is 6.92 Å². The van der Waals surface area contributed by atoms with Crippen LogP contribution in [-0.2, 0) is 0 Å². The molecule has 0 bridgehead atoms. The first kappa shape index (κ1) is 14.9. The zero-order valence-electron chi connectivity index (χ0n) is 10.9. The third-order valence-electron chi connectivity index (χ3n) is 2.87. The quantitative estimate of drug-likeness (QED) is 0.633. The van der Waals surface area contributed by atoms with Gasteiger partial charge < -0.3 is 10.4 Å². The number of aromatic carboxylic acids is 1. The van der Waals surface area contributed by atoms with Crippen LogP contribution in [0.25, 0.3) is 0 Å². The summed E-state index contributed by atoms with van der Waals surface area (Å²) in [6.45, 7) is 5.49. The van der Waals surface area contributed by atoms with Gasteiger partial charge in [0.05, 0.1) is 16.6 Å². The van der Waals surface area contributed by atoms with Gasteiger partial charge in [-0.3, -0.25) is 10.1 Å². The van der Waals surface area contributed by atoms with E-state index in [2.05, 4.69) is 5.32 Å². The van der Waals surface area contributed by atoms with Crippen molar-refractivity contribution < 1.29 is 19.2 Å². The molecule has 0 heterocycles. The molecule has 0 saturated heterocycles. The molecule has 1 aromatic carbocycles. The zero-order valence-corrected chi connectivity index (χ0v) is 10.9. The first-order valence-corrected chi connectivity index (χ1v) is 5.67. The van der Waals surface area contributed by atoms with Crippen LogP contribution in [0.5, 0.6) is 0 Å². The summed E-state index contributed by atoms with van der Waals surface area (Å²) in [6.07, 6.45) is 0.657. The maximum absolute atomic E-state index is 13.4. The third-order valence-corrected chi connectivity index (χ3v) is 2.87. The fraction of sp³-hybridized carbons (Fsp3) is 0.417. The van der Waals surface area contributed by atoms with Crippen molar-refractivity contribution in [2.45, 2.75) is 32.7 Å². The topological polar surface area (TPSA) is 92.5 Å². The Hall–Kier alpha value is -2.18. The van der Waals surface area contributed by atoms with Gasteiger partial charge in [0.25, 0.3) is 5.69 Å². The highest BCUT2D eigenvalue weighted by Gasteiger charge is 2.25. The molecule has 0 aliphatic heterocycles. The Labute approximate surface area is 109 Å². The molecule has 0 atom stereocenters. The Balaban J connectivity index is 3.38. The average Bonchev–Trinajstić information content (AvgIpc) is 2.30. The average molecular weight is 270 g/mol. The van der Waals surface area contributed by atoms with Crippen LogP contribution in [-0.4, -0.2) is 21.5 Å². The molecule has 0 aliphatic carbocycles. The lowest BCUT2D eigenvalue weighted by Crippen LogP contribution is -2.30. The van der Waals surface area contributed by atoms with Crippen LogP contribution in [0.2, 0.25) is 0 Å². The normalized spacial score (nSPS) is 11.2. The van der Waals surface area contributed by atoms with E-state index in [0.29, 0.717) is 12.5 Å². The summed E-state index contributed by atoms with van der Waals surface area (Å²) < 4.78 is 13.4. The molecular weight excluding hydrogens is 255 g/mol. The second kappa shape index (κ2) is 5.21. The number of anilines is 1. The molecule has 0 amide bonds. The largest absolute Gasteiger partial charge is 0.478 e. The van der Waals surface area contributed by atoms with Crippen molar-refractivity contribution in [3.63, 3.8) is 0 Å². The number of carboxylic acids is 1. The van der Waals surface area contributed by atoms with E-state index >= 15 is 0 Å². The molecule has 19 heavy (non-hydrogen) atoms. The predicted molar refractivity (Wildman–Crippen MR) is 68.0 cm³/mol. The number of carboxylic acid groups (broad SMARTS) is 1. The number of nitro groups is 1. The summed E-state index contributed by atoms with van der Waals surface area (Å²) >= 11 is 0. The number of nitro benzene ring substituents is 1. The van der Waals surface area contributed by atoms with Crippen LogP contribution in [0.15, 0.2) is 12.1 Å². The fourth-order valence-corrected chi connectivity index (χ4v) is 1.43. The van der Waals surface area contributed by atoms with Gasteiger partial charge in [-0.15, -0.1) is 0 Å². The van der Waals surface area contributed by atoms with Crippen molar-refractivity contribution in [1.29, 1.82) is 0 Å². The number of hydrogen-bond acceptors (Lipinski definition) is 4. The molecular formula is C12H15FN2O4. The second-order valence-electron chi connectivity index (χ2n) is 4.77. The van der Waals surface area contributed by atoms with Crippen LogP contribution >= 0.6 is 0 Å². The third kappa shape index (κ3) is 3.40. The van der Waals surface area contributed by atoms with Crippen molar-refractivity contribution in [3.8, 4) is 0 Å². The summed E-state index contributed by atoms with van der Waals surface area (Å²) in [6, 6.07) is 1.57. The predicted octanol–water partition coefficient (Wildman–Crippen LogP) is 3.03. The molecule has 1 rings (SSSR count). The second-order valence-corrected chi connectivity index (χ2v) is 4.77. The Bertz CT molecular complexity index is 529. The Morgan fingerprint density at radius 2 is 2.11 bits per heavy atom. The number of benzene rings is 1. The van der Waals surface area contributed by atoms with Crippen molar-refractivity contribution in [2.24, 2.45) is 0 Å². The molecule has 7 heteroatoms. The smallest absolute Gasteiger partial charge is 0.338 e. The summed E-state index contributed by atoms with van der Waals surface area (Å²) in [5, 5.41) is 22.6. The van der Waals surface area contributed by atoms with Crippen LogP contribution in [0.4, 0.5) is 15.8 Å². The van der Waals surface area contributed by atoms with E-state index in [1.54, 1.807) is 13.8 Å². The van der Waals surface area contributed by atoms with E-state index < -0.39 is 33.5 Å². The monoisotopic (exact) mass is 270 g/mol. The van der Waals surface area contributed by atoms with Gasteiger partial charge in [0, 0.05) is 5.54 Å². The standard InChI is InChI=1S/C12H15FN2O4/c1-4-12(2,3)14-9-5-7(11(16)17)8(13)6-10(9)15(18)19/h5-6,14H,4H2,1-3H3,(H,16,17). The molecule has 0 fully saturated rings. The van der Waals surface area contributed by atoms with E-state index in [9.17, 15) is 19.3 Å². The molecule has 0 saturated carbocycles. The highest BCUT2D eigenvalue weighted by atomic mass is 19.1. The molecule has 2 N–H and O–H groups in total. The molecule has 104 valence electrons. The van der Waals surface area contributed by atoms with Gasteiger partial charge in [0.15, 0.2) is 0 Å². The Morgan fingerprint density at radius 1 is 1.53 bits per heavy atom. The maximum Gasteiger partial charge on any atom is 0.338 e. The molecule has 0 spiro atoms. The highest BCUT2D eigenvalue weighted by Crippen LogP contribution is 2.30. The van der Waals surface area contributed by atoms with E-state index in [1.165, 1.54) is 0 Å². The summed E-state index contributed by atoms with van der Waals surface area (Å²) in [5.74, 6) is -2.59. The van der Waals surface area contributed by atoms with E-state index in [0.717, 1.165) is 6.07 Å². The fourth-order valence-electron chi connectivity index (χ4n) is 1.43. The summed E-state index contributed by atoms with van der Waals surface area (Å²) in [7, 11) is 0. The lowest BCUT2D eigenvalue weighted by molar-refractivity contribution is -0.384. The minimum atomic E-state index is -1.47. The molecule has 0 aliphatic rings. The van der Waals surface area contributed by atoms with Gasteiger partial charge in [-0.05, 0) is 26.3 Å². The zero-order chi connectivity index (χ0) is 14.8. The van der Waals surface area contributed by atoms with Crippen molar-refractivity contribution in [1.82, 2.24) is 0 Å². The van der Waals surface area contributed by atoms with E-state index in [4.69, 9.17) is 5.11 Å². The van der Waals surface area contributed by atoms with E-state index in [1.807, 2.05) is 6.92 Å². The minimum absolute atomic E-state index is 0.00403. The molecule has 0 aromatic heterocycles. The highest BCUT2D eigenvalue weighted by molar-refractivity contribution is 5.90. The maximum atomic E-state index is 13.4. The van der Waals surface area contributed by atoms with Crippen molar-refractivity contribution in [2.75, 3.05) is 5.32 Å². The van der Waals surface area contributed by atoms with Gasteiger partial charge in [-0.25, -0.2) is 9.18 Å². The van der Waals surface area contributed by atoms with E-state index in [-0.39, 0.29) is 5.69 Å². The first-order chi connectivity index (χ1) is 8.68. The van der Waals surface area contributed by atoms with Crippen LogP contribution < -0.4 is 5.32 Å². The number of nitrogens with one attached hydrogen (secondary N) is 1.